The highest BCUT2D eigenvalue weighted by molar-refractivity contribution is 5.26. The summed E-state index contributed by atoms with van der Waals surface area (Å²) in [6.07, 6.45) is 1.80. The minimum Gasteiger partial charge on any atom is -0.389 e. The Hall–Kier alpha value is -1.08. The number of hydrogen-bond donors (Lipinski definition) is 1. The number of aliphatic hydroxyl groups excluding tert-OH is 1. The molecular weight excluding hydrogens is 148 g/mol. The van der Waals surface area contributed by atoms with Crippen LogP contribution in [0.5, 0.6) is 0 Å². The molecule has 0 aliphatic heterocycles. The Morgan fingerprint density at radius 3 is 2.75 bits per heavy atom. The summed E-state index contributed by atoms with van der Waals surface area (Å²) in [6, 6.07) is 8.06. The van der Waals surface area contributed by atoms with Crippen LogP contribution in [-0.4, -0.2) is 11.2 Å². The van der Waals surface area contributed by atoms with Crippen LogP contribution in [0.1, 0.15) is 11.1 Å². The molecule has 1 heteroatoms. The lowest BCUT2D eigenvalue weighted by molar-refractivity contribution is 0.224. The topological polar surface area (TPSA) is 20.2 Å². The van der Waals surface area contributed by atoms with Crippen molar-refractivity contribution in [3.8, 4) is 0 Å². The molecule has 1 atom stereocenters. The molecule has 64 valence electrons. The first kappa shape index (κ1) is 9.01. The monoisotopic (exact) mass is 162 g/mol. The normalized spacial score (nSPS) is 12.5. The van der Waals surface area contributed by atoms with Crippen LogP contribution in [-0.2, 0) is 6.42 Å². The Morgan fingerprint density at radius 1 is 1.50 bits per heavy atom. The van der Waals surface area contributed by atoms with Gasteiger partial charge in [0.05, 0.1) is 6.10 Å². The smallest absolute Gasteiger partial charge is 0.0758 e. The predicted octanol–water partition coefficient (Wildman–Crippen LogP) is 2.08. The molecular formula is C11H14O. The van der Waals surface area contributed by atoms with Gasteiger partial charge in [-0.25, -0.2) is 0 Å². The Bertz CT molecular complexity index is 265. The highest BCUT2D eigenvalue weighted by Crippen LogP contribution is 2.09. The van der Waals surface area contributed by atoms with Gasteiger partial charge in [0, 0.05) is 6.42 Å². The van der Waals surface area contributed by atoms with Crippen LogP contribution < -0.4 is 0 Å². The summed E-state index contributed by atoms with van der Waals surface area (Å²) >= 11 is 0. The van der Waals surface area contributed by atoms with Crippen molar-refractivity contribution in [1.82, 2.24) is 0 Å². The number of aliphatic hydroxyl groups is 1. The van der Waals surface area contributed by atoms with Crippen LogP contribution in [0, 0.1) is 6.92 Å². The van der Waals surface area contributed by atoms with Crippen LogP contribution >= 0.6 is 0 Å². The molecule has 1 aromatic carbocycles. The lowest BCUT2D eigenvalue weighted by Gasteiger charge is -2.07. The standard InChI is InChI=1S/C11H14O/c1-3-11(12)8-10-7-5-4-6-9(10)2/h3-7,11-12H,1,8H2,2H3. The molecule has 0 saturated heterocycles. The minimum absolute atomic E-state index is 0.425. The van der Waals surface area contributed by atoms with Crippen molar-refractivity contribution in [1.29, 1.82) is 0 Å². The zero-order valence-electron chi connectivity index (χ0n) is 7.33. The molecule has 0 saturated carbocycles. The van der Waals surface area contributed by atoms with Crippen molar-refractivity contribution in [3.63, 3.8) is 0 Å². The molecule has 0 spiro atoms. The van der Waals surface area contributed by atoms with E-state index in [0.29, 0.717) is 6.42 Å². The fourth-order valence-electron chi connectivity index (χ4n) is 1.15. The largest absolute Gasteiger partial charge is 0.389 e. The Balaban J connectivity index is 2.75. The maximum Gasteiger partial charge on any atom is 0.0758 e. The van der Waals surface area contributed by atoms with Gasteiger partial charge in [0.25, 0.3) is 0 Å². The van der Waals surface area contributed by atoms with Crippen LogP contribution in [0.2, 0.25) is 0 Å². The summed E-state index contributed by atoms with van der Waals surface area (Å²) in [5, 5.41) is 9.32. The summed E-state index contributed by atoms with van der Waals surface area (Å²) in [6.45, 7) is 5.58. The average Bonchev–Trinajstić information content (AvgIpc) is 2.09. The van der Waals surface area contributed by atoms with Gasteiger partial charge in [0.2, 0.25) is 0 Å². The first-order valence-electron chi connectivity index (χ1n) is 4.09. The van der Waals surface area contributed by atoms with E-state index in [1.165, 1.54) is 11.1 Å². The molecule has 1 unspecified atom stereocenters. The van der Waals surface area contributed by atoms with Gasteiger partial charge < -0.3 is 5.11 Å². The molecule has 0 aromatic heterocycles. The lowest BCUT2D eigenvalue weighted by Crippen LogP contribution is -2.06. The molecule has 1 nitrogen and oxygen atoms in total. The van der Waals surface area contributed by atoms with Crippen LogP contribution in [0.3, 0.4) is 0 Å². The third kappa shape index (κ3) is 2.21. The highest BCUT2D eigenvalue weighted by Gasteiger charge is 2.01. The molecule has 1 N–H and O–H groups in total. The van der Waals surface area contributed by atoms with Crippen molar-refractivity contribution < 1.29 is 5.11 Å². The fourth-order valence-corrected chi connectivity index (χ4v) is 1.15. The molecule has 1 aromatic rings. The highest BCUT2D eigenvalue weighted by atomic mass is 16.3. The number of hydrogen-bond acceptors (Lipinski definition) is 1. The van der Waals surface area contributed by atoms with E-state index in [2.05, 4.69) is 6.58 Å². The van der Waals surface area contributed by atoms with E-state index < -0.39 is 6.10 Å². The molecule has 0 amide bonds. The zero-order chi connectivity index (χ0) is 8.97. The predicted molar refractivity (Wildman–Crippen MR) is 51.1 cm³/mol. The molecule has 1 rings (SSSR count). The maximum absolute atomic E-state index is 9.32. The van der Waals surface area contributed by atoms with Gasteiger partial charge in [-0.1, -0.05) is 30.3 Å². The first-order chi connectivity index (χ1) is 5.74. The van der Waals surface area contributed by atoms with Crippen molar-refractivity contribution in [2.75, 3.05) is 0 Å². The molecule has 0 aliphatic carbocycles. The van der Waals surface area contributed by atoms with Gasteiger partial charge in [-0.3, -0.25) is 0 Å². The second-order valence-corrected chi connectivity index (χ2v) is 2.93. The Labute approximate surface area is 73.4 Å². The SMILES string of the molecule is C=CC(O)Cc1ccccc1C. The van der Waals surface area contributed by atoms with Gasteiger partial charge in [0.15, 0.2) is 0 Å². The third-order valence-corrected chi connectivity index (χ3v) is 1.96. The molecule has 12 heavy (non-hydrogen) atoms. The zero-order valence-corrected chi connectivity index (χ0v) is 7.33. The van der Waals surface area contributed by atoms with Crippen LogP contribution in [0.25, 0.3) is 0 Å². The second-order valence-electron chi connectivity index (χ2n) is 2.93. The molecule has 0 heterocycles. The number of rotatable bonds is 3. The van der Waals surface area contributed by atoms with Gasteiger partial charge >= 0.3 is 0 Å². The van der Waals surface area contributed by atoms with E-state index in [1.807, 2.05) is 31.2 Å². The Kier molecular flexibility index (Phi) is 3.06. The van der Waals surface area contributed by atoms with Gasteiger partial charge in [-0.15, -0.1) is 6.58 Å². The first-order valence-corrected chi connectivity index (χ1v) is 4.09. The van der Waals surface area contributed by atoms with E-state index in [-0.39, 0.29) is 0 Å². The molecule has 0 radical (unpaired) electrons. The van der Waals surface area contributed by atoms with Crippen molar-refractivity contribution in [2.45, 2.75) is 19.4 Å². The van der Waals surface area contributed by atoms with Gasteiger partial charge in [0.1, 0.15) is 0 Å². The van der Waals surface area contributed by atoms with Crippen molar-refractivity contribution in [3.05, 3.63) is 48.0 Å². The maximum atomic E-state index is 9.32. The Morgan fingerprint density at radius 2 is 2.17 bits per heavy atom. The van der Waals surface area contributed by atoms with E-state index >= 15 is 0 Å². The third-order valence-electron chi connectivity index (χ3n) is 1.96. The number of benzene rings is 1. The van der Waals surface area contributed by atoms with E-state index in [9.17, 15) is 5.11 Å². The van der Waals surface area contributed by atoms with E-state index in [1.54, 1.807) is 6.08 Å². The van der Waals surface area contributed by atoms with Crippen LogP contribution in [0.15, 0.2) is 36.9 Å². The summed E-state index contributed by atoms with van der Waals surface area (Å²) < 4.78 is 0. The minimum atomic E-state index is -0.425. The second kappa shape index (κ2) is 4.07. The van der Waals surface area contributed by atoms with Gasteiger partial charge in [-0.2, -0.15) is 0 Å². The molecule has 0 aliphatic rings. The van der Waals surface area contributed by atoms with Gasteiger partial charge in [-0.05, 0) is 18.1 Å². The fraction of sp³-hybridized carbons (Fsp3) is 0.273. The van der Waals surface area contributed by atoms with Crippen molar-refractivity contribution in [2.24, 2.45) is 0 Å². The van der Waals surface area contributed by atoms with E-state index in [0.717, 1.165) is 0 Å². The average molecular weight is 162 g/mol. The summed E-state index contributed by atoms with van der Waals surface area (Å²) in [4.78, 5) is 0. The summed E-state index contributed by atoms with van der Waals surface area (Å²) in [5.41, 5.74) is 2.41. The summed E-state index contributed by atoms with van der Waals surface area (Å²) in [7, 11) is 0. The number of aryl methyl sites for hydroxylation is 1. The van der Waals surface area contributed by atoms with Crippen LogP contribution in [0.4, 0.5) is 0 Å². The molecule has 0 fully saturated rings. The molecule has 0 bridgehead atoms. The summed E-state index contributed by atoms with van der Waals surface area (Å²) in [5.74, 6) is 0. The van der Waals surface area contributed by atoms with Crippen molar-refractivity contribution >= 4 is 0 Å². The quantitative estimate of drug-likeness (QED) is 0.675. The van der Waals surface area contributed by atoms with E-state index in [4.69, 9.17) is 0 Å². The lowest BCUT2D eigenvalue weighted by atomic mass is 10.0.